The van der Waals surface area contributed by atoms with Crippen LogP contribution in [-0.4, -0.2) is 50.0 Å². The van der Waals surface area contributed by atoms with Gasteiger partial charge in [-0.2, -0.15) is 20.1 Å². The smallest absolute Gasteiger partial charge is 0.257 e. The lowest BCUT2D eigenvalue weighted by atomic mass is 10.2. The van der Waals surface area contributed by atoms with E-state index in [1.54, 1.807) is 23.1 Å². The minimum absolute atomic E-state index is 0.118. The van der Waals surface area contributed by atoms with Crippen LogP contribution < -0.4 is 16.2 Å². The zero-order valence-corrected chi connectivity index (χ0v) is 12.0. The van der Waals surface area contributed by atoms with Crippen LogP contribution in [-0.2, 0) is 4.74 Å². The average molecular weight is 290 g/mol. The van der Waals surface area contributed by atoms with Gasteiger partial charge in [-0.3, -0.25) is 5.43 Å². The summed E-state index contributed by atoms with van der Waals surface area (Å²) < 4.78 is 7.29. The lowest BCUT2D eigenvalue weighted by Crippen LogP contribution is -2.46. The van der Waals surface area contributed by atoms with Crippen molar-refractivity contribution in [2.75, 3.05) is 23.4 Å². The lowest BCUT2D eigenvalue weighted by Gasteiger charge is -2.35. The van der Waals surface area contributed by atoms with Crippen LogP contribution in [0.25, 0.3) is 5.95 Å². The molecule has 1 aliphatic rings. The maximum Gasteiger partial charge on any atom is 0.257 e. The minimum atomic E-state index is 0.118. The summed E-state index contributed by atoms with van der Waals surface area (Å²) in [6.07, 6.45) is 3.67. The Hall–Kier alpha value is -2.26. The van der Waals surface area contributed by atoms with Gasteiger partial charge in [0.1, 0.15) is 0 Å². The molecular formula is C12H18N8O. The number of nitrogen functional groups attached to an aromatic ring is 1. The molecule has 0 spiro atoms. The van der Waals surface area contributed by atoms with Gasteiger partial charge in [-0.05, 0) is 19.9 Å². The van der Waals surface area contributed by atoms with Crippen LogP contribution in [0, 0.1) is 0 Å². The van der Waals surface area contributed by atoms with Crippen molar-refractivity contribution >= 4 is 11.9 Å². The first-order chi connectivity index (χ1) is 10.2. The predicted molar refractivity (Wildman–Crippen MR) is 77.0 cm³/mol. The first kappa shape index (κ1) is 13.7. The number of hydrazine groups is 1. The molecule has 0 unspecified atom stereocenters. The zero-order valence-electron chi connectivity index (χ0n) is 12.0. The van der Waals surface area contributed by atoms with Crippen molar-refractivity contribution < 1.29 is 4.74 Å². The molecule has 0 amide bonds. The molecule has 1 aliphatic heterocycles. The Bertz CT molecular complexity index is 591. The van der Waals surface area contributed by atoms with Crippen LogP contribution in [0.3, 0.4) is 0 Å². The molecule has 0 aliphatic carbocycles. The maximum atomic E-state index is 5.73. The molecule has 3 heterocycles. The molecule has 0 aromatic carbocycles. The number of nitrogens with one attached hydrogen (secondary N) is 1. The number of anilines is 2. The molecule has 1 saturated heterocycles. The van der Waals surface area contributed by atoms with Crippen molar-refractivity contribution in [1.29, 1.82) is 0 Å². The standard InChI is InChI=1S/C12H18N8O/c1-8-6-19(7-9(2)21-8)11-15-10(18-13)16-12(17-11)20-5-3-4-14-20/h3-5,8-9H,6-7,13H2,1-2H3,(H,15,16,17,18)/t8-,9+. The Kier molecular flexibility index (Phi) is 3.67. The van der Waals surface area contributed by atoms with Crippen molar-refractivity contribution in [2.45, 2.75) is 26.1 Å². The van der Waals surface area contributed by atoms with E-state index in [4.69, 9.17) is 10.6 Å². The van der Waals surface area contributed by atoms with Crippen LogP contribution >= 0.6 is 0 Å². The molecular weight excluding hydrogens is 272 g/mol. The summed E-state index contributed by atoms with van der Waals surface area (Å²) in [4.78, 5) is 15.1. The van der Waals surface area contributed by atoms with E-state index in [0.717, 1.165) is 13.1 Å². The normalized spacial score (nSPS) is 22.3. The molecule has 112 valence electrons. The van der Waals surface area contributed by atoms with Gasteiger partial charge in [-0.15, -0.1) is 0 Å². The molecule has 0 saturated carbocycles. The fourth-order valence-electron chi connectivity index (χ4n) is 2.39. The number of nitrogens with two attached hydrogens (primary N) is 1. The van der Waals surface area contributed by atoms with Gasteiger partial charge < -0.3 is 9.64 Å². The van der Waals surface area contributed by atoms with Crippen LogP contribution in [0.1, 0.15) is 13.8 Å². The van der Waals surface area contributed by atoms with E-state index in [0.29, 0.717) is 17.8 Å². The van der Waals surface area contributed by atoms with E-state index in [9.17, 15) is 0 Å². The van der Waals surface area contributed by atoms with Crippen LogP contribution in [0.5, 0.6) is 0 Å². The second-order valence-corrected chi connectivity index (χ2v) is 5.02. The summed E-state index contributed by atoms with van der Waals surface area (Å²) in [6.45, 7) is 5.49. The minimum Gasteiger partial charge on any atom is -0.372 e. The second-order valence-electron chi connectivity index (χ2n) is 5.02. The third-order valence-electron chi connectivity index (χ3n) is 3.15. The fraction of sp³-hybridized carbons (Fsp3) is 0.500. The number of nitrogens with zero attached hydrogens (tertiary/aromatic N) is 6. The van der Waals surface area contributed by atoms with Crippen molar-refractivity contribution in [1.82, 2.24) is 24.7 Å². The van der Waals surface area contributed by atoms with Crippen LogP contribution in [0.15, 0.2) is 18.5 Å². The highest BCUT2D eigenvalue weighted by molar-refractivity contribution is 5.40. The molecule has 9 heteroatoms. The second kappa shape index (κ2) is 5.62. The summed E-state index contributed by atoms with van der Waals surface area (Å²) in [5.74, 6) is 6.73. The Labute approximate surface area is 122 Å². The zero-order chi connectivity index (χ0) is 14.8. The summed E-state index contributed by atoms with van der Waals surface area (Å²) in [6, 6.07) is 1.80. The third kappa shape index (κ3) is 2.93. The first-order valence-corrected chi connectivity index (χ1v) is 6.79. The summed E-state index contributed by atoms with van der Waals surface area (Å²) in [5, 5.41) is 4.13. The highest BCUT2D eigenvalue weighted by atomic mass is 16.5. The van der Waals surface area contributed by atoms with Gasteiger partial charge in [-0.1, -0.05) is 0 Å². The van der Waals surface area contributed by atoms with E-state index >= 15 is 0 Å². The third-order valence-corrected chi connectivity index (χ3v) is 3.15. The molecule has 0 radical (unpaired) electrons. The highest BCUT2D eigenvalue weighted by Gasteiger charge is 2.25. The van der Waals surface area contributed by atoms with Gasteiger partial charge in [0.05, 0.1) is 12.2 Å². The molecule has 1 fully saturated rings. The maximum absolute atomic E-state index is 5.73. The van der Waals surface area contributed by atoms with Gasteiger partial charge in [0, 0.05) is 25.5 Å². The van der Waals surface area contributed by atoms with Crippen molar-refractivity contribution in [3.05, 3.63) is 18.5 Å². The highest BCUT2D eigenvalue weighted by Crippen LogP contribution is 2.18. The van der Waals surface area contributed by atoms with Crippen LogP contribution in [0.4, 0.5) is 11.9 Å². The lowest BCUT2D eigenvalue weighted by molar-refractivity contribution is -0.00572. The monoisotopic (exact) mass is 290 g/mol. The number of aromatic nitrogens is 5. The van der Waals surface area contributed by atoms with E-state index < -0.39 is 0 Å². The Morgan fingerprint density at radius 1 is 1.19 bits per heavy atom. The molecule has 21 heavy (non-hydrogen) atoms. The molecule has 2 aromatic heterocycles. The van der Waals surface area contributed by atoms with Crippen molar-refractivity contribution in [3.8, 4) is 5.95 Å². The van der Waals surface area contributed by atoms with Crippen molar-refractivity contribution in [2.24, 2.45) is 5.84 Å². The molecule has 2 aromatic rings. The molecule has 2 atom stereocenters. The Morgan fingerprint density at radius 3 is 2.52 bits per heavy atom. The van der Waals surface area contributed by atoms with E-state index in [-0.39, 0.29) is 12.2 Å². The van der Waals surface area contributed by atoms with Gasteiger partial charge in [0.25, 0.3) is 5.95 Å². The number of hydrogen-bond acceptors (Lipinski definition) is 8. The summed E-state index contributed by atoms with van der Waals surface area (Å²) in [5.41, 5.74) is 2.47. The predicted octanol–water partition coefficient (Wildman–Crippen LogP) is -0.0435. The Morgan fingerprint density at radius 2 is 1.90 bits per heavy atom. The number of ether oxygens (including phenoxy) is 1. The summed E-state index contributed by atoms with van der Waals surface area (Å²) >= 11 is 0. The van der Waals surface area contributed by atoms with E-state index in [1.807, 2.05) is 13.8 Å². The van der Waals surface area contributed by atoms with Gasteiger partial charge >= 0.3 is 0 Å². The van der Waals surface area contributed by atoms with Gasteiger partial charge in [0.2, 0.25) is 11.9 Å². The molecule has 3 rings (SSSR count). The van der Waals surface area contributed by atoms with E-state index in [2.05, 4.69) is 30.4 Å². The number of morpholine rings is 1. The van der Waals surface area contributed by atoms with Crippen molar-refractivity contribution in [3.63, 3.8) is 0 Å². The number of hydrogen-bond donors (Lipinski definition) is 2. The van der Waals surface area contributed by atoms with Gasteiger partial charge in [-0.25, -0.2) is 10.5 Å². The quantitative estimate of drug-likeness (QED) is 0.599. The van der Waals surface area contributed by atoms with Gasteiger partial charge in [0.15, 0.2) is 0 Å². The molecule has 0 bridgehead atoms. The largest absolute Gasteiger partial charge is 0.372 e. The first-order valence-electron chi connectivity index (χ1n) is 6.79. The SMILES string of the molecule is C[C@@H]1CN(c2nc(NN)nc(-n3cccn3)n2)C[C@H](C)O1. The topological polar surface area (TPSA) is 107 Å². The van der Waals surface area contributed by atoms with Crippen LogP contribution in [0.2, 0.25) is 0 Å². The van der Waals surface area contributed by atoms with E-state index in [1.165, 1.54) is 0 Å². The molecule has 9 nitrogen and oxygen atoms in total. The summed E-state index contributed by atoms with van der Waals surface area (Å²) in [7, 11) is 0. The molecule has 3 N–H and O–H groups in total. The average Bonchev–Trinajstić information content (AvgIpc) is 3.00. The Balaban J connectivity index is 1.96. The number of rotatable bonds is 3. The fourth-order valence-corrected chi connectivity index (χ4v) is 2.39.